The van der Waals surface area contributed by atoms with Crippen molar-refractivity contribution in [2.75, 3.05) is 6.54 Å². The van der Waals surface area contributed by atoms with Crippen molar-refractivity contribution in [3.8, 4) is 11.1 Å². The highest BCUT2D eigenvalue weighted by Gasteiger charge is 2.28. The number of nitrogens with zero attached hydrogens (tertiary/aromatic N) is 3. The van der Waals surface area contributed by atoms with Gasteiger partial charge in [0.15, 0.2) is 0 Å². The first-order valence-corrected chi connectivity index (χ1v) is 11.1. The third-order valence-corrected chi connectivity index (χ3v) is 6.14. The van der Waals surface area contributed by atoms with Crippen molar-refractivity contribution in [1.82, 2.24) is 14.5 Å². The van der Waals surface area contributed by atoms with E-state index >= 15 is 0 Å². The molecule has 160 valence electrons. The molecule has 0 saturated carbocycles. The zero-order chi connectivity index (χ0) is 22.1. The van der Waals surface area contributed by atoms with Gasteiger partial charge in [-0.15, -0.1) is 0 Å². The van der Waals surface area contributed by atoms with E-state index in [2.05, 4.69) is 4.98 Å². The fraction of sp³-hybridized carbons (Fsp3) is 0.222. The maximum Gasteiger partial charge on any atom is 0.277 e. The van der Waals surface area contributed by atoms with Crippen LogP contribution in [0.1, 0.15) is 34.5 Å². The summed E-state index contributed by atoms with van der Waals surface area (Å²) < 4.78 is 1.66. The first-order chi connectivity index (χ1) is 15.6. The van der Waals surface area contributed by atoms with Crippen molar-refractivity contribution in [3.63, 3.8) is 0 Å². The van der Waals surface area contributed by atoms with E-state index in [1.807, 2.05) is 78.6 Å². The lowest BCUT2D eigenvalue weighted by atomic mass is 9.96. The summed E-state index contributed by atoms with van der Waals surface area (Å²) in [6, 6.07) is 21.9. The van der Waals surface area contributed by atoms with Gasteiger partial charge in [-0.1, -0.05) is 66.2 Å². The van der Waals surface area contributed by atoms with Gasteiger partial charge in [0.25, 0.3) is 11.5 Å². The molecule has 1 aliphatic rings. The summed E-state index contributed by atoms with van der Waals surface area (Å²) in [5.74, 6) is -0.105. The first kappa shape index (κ1) is 20.2. The summed E-state index contributed by atoms with van der Waals surface area (Å²) in [6.07, 6.45) is 3.32. The summed E-state index contributed by atoms with van der Waals surface area (Å²) in [5.41, 5.74) is 4.62. The lowest BCUT2D eigenvalue weighted by Crippen LogP contribution is -2.39. The fourth-order valence-corrected chi connectivity index (χ4v) is 4.50. The van der Waals surface area contributed by atoms with E-state index in [0.717, 1.165) is 40.5 Å². The van der Waals surface area contributed by atoms with E-state index < -0.39 is 0 Å². The largest absolute Gasteiger partial charge is 0.333 e. The summed E-state index contributed by atoms with van der Waals surface area (Å²) in [4.78, 5) is 33.7. The van der Waals surface area contributed by atoms with Crippen LogP contribution in [0, 0.1) is 6.92 Å². The van der Waals surface area contributed by atoms with Crippen molar-refractivity contribution in [2.45, 2.75) is 32.9 Å². The number of fused-ring (bicyclic) bond motifs is 2. The maximum atomic E-state index is 14.0. The zero-order valence-corrected chi connectivity index (χ0v) is 18.1. The van der Waals surface area contributed by atoms with Crippen LogP contribution in [0.3, 0.4) is 0 Å². The highest BCUT2D eigenvalue weighted by atomic mass is 16.2. The number of aryl methyl sites for hydroxylation is 1. The second-order valence-electron chi connectivity index (χ2n) is 8.37. The lowest BCUT2D eigenvalue weighted by molar-refractivity contribution is 0.0718. The Morgan fingerprint density at radius 1 is 0.875 bits per heavy atom. The highest BCUT2D eigenvalue weighted by Crippen LogP contribution is 2.32. The van der Waals surface area contributed by atoms with Crippen LogP contribution in [-0.2, 0) is 13.1 Å². The van der Waals surface area contributed by atoms with Crippen LogP contribution >= 0.6 is 0 Å². The minimum absolute atomic E-state index is 0.105. The van der Waals surface area contributed by atoms with E-state index in [1.165, 1.54) is 0 Å². The van der Waals surface area contributed by atoms with Crippen LogP contribution in [0.4, 0.5) is 0 Å². The normalized spacial score (nSPS) is 14.2. The molecule has 0 saturated heterocycles. The molecule has 5 heteroatoms. The third-order valence-electron chi connectivity index (χ3n) is 6.14. The molecule has 1 amide bonds. The van der Waals surface area contributed by atoms with Gasteiger partial charge < -0.3 is 9.47 Å². The summed E-state index contributed by atoms with van der Waals surface area (Å²) in [5, 5.41) is 0.723. The van der Waals surface area contributed by atoms with Crippen LogP contribution in [0.5, 0.6) is 0 Å². The number of benzene rings is 2. The van der Waals surface area contributed by atoms with Crippen LogP contribution < -0.4 is 5.56 Å². The number of rotatable bonds is 3. The van der Waals surface area contributed by atoms with Crippen LogP contribution in [-0.4, -0.2) is 26.9 Å². The molecule has 0 aliphatic carbocycles. The van der Waals surface area contributed by atoms with Gasteiger partial charge in [0, 0.05) is 36.8 Å². The molecule has 5 rings (SSSR count). The highest BCUT2D eigenvalue weighted by molar-refractivity contribution is 6.07. The topological polar surface area (TPSA) is 55.2 Å². The molecule has 0 bridgehead atoms. The minimum Gasteiger partial charge on any atom is -0.333 e. The maximum absolute atomic E-state index is 14.0. The van der Waals surface area contributed by atoms with Gasteiger partial charge in [0.1, 0.15) is 11.2 Å². The lowest BCUT2D eigenvalue weighted by Gasteiger charge is -2.29. The number of hydrogen-bond acceptors (Lipinski definition) is 3. The molecule has 5 nitrogen and oxygen atoms in total. The molecule has 1 aliphatic heterocycles. The van der Waals surface area contributed by atoms with Gasteiger partial charge in [-0.3, -0.25) is 14.6 Å². The molecule has 2 aromatic carbocycles. The second-order valence-corrected chi connectivity index (χ2v) is 8.37. The SMILES string of the molecule is Cc1ccc(-c2c3n(c(=O)c4ncccc24)CCCCN(Cc2ccccc2)C3=O)cc1. The van der Waals surface area contributed by atoms with E-state index in [9.17, 15) is 9.59 Å². The number of pyridine rings is 2. The summed E-state index contributed by atoms with van der Waals surface area (Å²) >= 11 is 0. The van der Waals surface area contributed by atoms with Crippen molar-refractivity contribution in [3.05, 3.63) is 100 Å². The van der Waals surface area contributed by atoms with Crippen molar-refractivity contribution in [1.29, 1.82) is 0 Å². The summed E-state index contributed by atoms with van der Waals surface area (Å²) in [7, 11) is 0. The minimum atomic E-state index is -0.193. The molecule has 3 heterocycles. The van der Waals surface area contributed by atoms with Gasteiger partial charge in [-0.25, -0.2) is 0 Å². The van der Waals surface area contributed by atoms with E-state index in [4.69, 9.17) is 0 Å². The molecule has 0 N–H and O–H groups in total. The van der Waals surface area contributed by atoms with Crippen LogP contribution in [0.25, 0.3) is 22.0 Å². The Morgan fingerprint density at radius 3 is 2.41 bits per heavy atom. The number of hydrogen-bond donors (Lipinski definition) is 0. The molecule has 0 spiro atoms. The van der Waals surface area contributed by atoms with Gasteiger partial charge in [-0.2, -0.15) is 0 Å². The summed E-state index contributed by atoms with van der Waals surface area (Å²) in [6.45, 7) is 3.74. The average molecular weight is 424 g/mol. The molecule has 0 unspecified atom stereocenters. The Kier molecular flexibility index (Phi) is 5.31. The monoisotopic (exact) mass is 423 g/mol. The Balaban J connectivity index is 1.76. The van der Waals surface area contributed by atoms with Crippen LogP contribution in [0.2, 0.25) is 0 Å². The Morgan fingerprint density at radius 2 is 1.62 bits per heavy atom. The second kappa shape index (κ2) is 8.42. The number of amides is 1. The quantitative estimate of drug-likeness (QED) is 0.475. The average Bonchev–Trinajstić information content (AvgIpc) is 2.82. The first-order valence-electron chi connectivity index (χ1n) is 11.1. The molecule has 4 aromatic rings. The smallest absolute Gasteiger partial charge is 0.277 e. The predicted molar refractivity (Wildman–Crippen MR) is 127 cm³/mol. The van der Waals surface area contributed by atoms with Gasteiger partial charge in [0.2, 0.25) is 0 Å². The van der Waals surface area contributed by atoms with E-state index in [0.29, 0.717) is 30.8 Å². The third kappa shape index (κ3) is 3.60. The molecule has 32 heavy (non-hydrogen) atoms. The molecule has 0 radical (unpaired) electrons. The number of aromatic nitrogens is 2. The van der Waals surface area contributed by atoms with E-state index in [1.54, 1.807) is 10.8 Å². The van der Waals surface area contributed by atoms with Crippen molar-refractivity contribution in [2.24, 2.45) is 0 Å². The number of carbonyl (C=O) groups excluding carboxylic acids is 1. The fourth-order valence-electron chi connectivity index (χ4n) is 4.50. The number of carbonyl (C=O) groups is 1. The molecule has 0 fully saturated rings. The molecule has 0 atom stereocenters. The van der Waals surface area contributed by atoms with E-state index in [-0.39, 0.29) is 11.5 Å². The van der Waals surface area contributed by atoms with Gasteiger partial charge >= 0.3 is 0 Å². The molecular formula is C27H25N3O2. The standard InChI is InChI=1S/C27H25N3O2/c1-19-11-13-21(14-12-19)23-22-10-7-15-28-24(22)26(31)30-17-6-5-16-29(27(32)25(23)30)18-20-8-3-2-4-9-20/h2-4,7-15H,5-6,16-18H2,1H3. The van der Waals surface area contributed by atoms with Gasteiger partial charge in [-0.05, 0) is 37.0 Å². The Hall–Kier alpha value is -3.73. The van der Waals surface area contributed by atoms with Gasteiger partial charge in [0.05, 0.1) is 0 Å². The van der Waals surface area contributed by atoms with Crippen molar-refractivity contribution < 1.29 is 4.79 Å². The van der Waals surface area contributed by atoms with Crippen molar-refractivity contribution >= 4 is 16.8 Å². The molecule has 2 aromatic heterocycles. The predicted octanol–water partition coefficient (Wildman–Crippen LogP) is 4.81. The zero-order valence-electron chi connectivity index (χ0n) is 18.1. The Labute approximate surface area is 187 Å². The van der Waals surface area contributed by atoms with Crippen LogP contribution in [0.15, 0.2) is 77.7 Å². The molecular weight excluding hydrogens is 398 g/mol. The Bertz CT molecular complexity index is 1340.